The van der Waals surface area contributed by atoms with E-state index in [1.807, 2.05) is 0 Å². The molecule has 0 bridgehead atoms. The fraction of sp³-hybridized carbons (Fsp3) is 0.444. The highest BCUT2D eigenvalue weighted by Crippen LogP contribution is 2.45. The molecule has 0 spiro atoms. The van der Waals surface area contributed by atoms with E-state index in [-0.39, 0.29) is 18.4 Å². The molecule has 1 saturated heterocycles. The second-order valence-electron chi connectivity index (χ2n) is 7.32. The zero-order valence-electron chi connectivity index (χ0n) is 16.0. The largest absolute Gasteiger partial charge is 0.480 e. The average Bonchev–Trinajstić information content (AvgIpc) is 3.21. The van der Waals surface area contributed by atoms with Crippen molar-refractivity contribution >= 4 is 11.5 Å². The van der Waals surface area contributed by atoms with E-state index in [2.05, 4.69) is 20.1 Å². The second kappa shape index (κ2) is 6.25. The van der Waals surface area contributed by atoms with E-state index in [1.165, 1.54) is 20.4 Å². The van der Waals surface area contributed by atoms with Crippen LogP contribution in [0.3, 0.4) is 0 Å². The van der Waals surface area contributed by atoms with Crippen molar-refractivity contribution in [2.24, 2.45) is 5.41 Å². The number of hydrogen-bond donors (Lipinski definition) is 0. The van der Waals surface area contributed by atoms with Crippen LogP contribution >= 0.6 is 0 Å². The molecule has 8 nitrogen and oxygen atoms in total. The molecular weight excluding hydrogens is 370 g/mol. The van der Waals surface area contributed by atoms with E-state index in [9.17, 15) is 8.78 Å². The summed E-state index contributed by atoms with van der Waals surface area (Å²) in [5.41, 5.74) is 0.393. The fourth-order valence-electron chi connectivity index (χ4n) is 3.30. The SMILES string of the molecule is COc1ncc(-c2cc(N3CC(C)(C)C(F)(F)C3)n3nccc3n2)c(OC)n1. The van der Waals surface area contributed by atoms with E-state index >= 15 is 0 Å². The Kier molecular flexibility index (Phi) is 4.09. The molecule has 0 atom stereocenters. The molecule has 3 aromatic rings. The highest BCUT2D eigenvalue weighted by molar-refractivity contribution is 5.70. The number of ether oxygens (including phenoxy) is 2. The third-order valence-corrected chi connectivity index (χ3v) is 5.01. The molecule has 0 saturated carbocycles. The van der Waals surface area contributed by atoms with E-state index in [0.717, 1.165) is 0 Å². The first kappa shape index (κ1) is 18.3. The predicted octanol–water partition coefficient (Wildman–Crippen LogP) is 2.69. The molecule has 4 rings (SSSR count). The van der Waals surface area contributed by atoms with Crippen LogP contribution in [0, 0.1) is 5.41 Å². The Morgan fingerprint density at radius 2 is 1.89 bits per heavy atom. The predicted molar refractivity (Wildman–Crippen MR) is 98.1 cm³/mol. The topological polar surface area (TPSA) is 77.7 Å². The van der Waals surface area contributed by atoms with Gasteiger partial charge >= 0.3 is 6.01 Å². The molecule has 3 aromatic heterocycles. The highest BCUT2D eigenvalue weighted by Gasteiger charge is 2.54. The molecule has 148 valence electrons. The summed E-state index contributed by atoms with van der Waals surface area (Å²) in [6.45, 7) is 2.93. The van der Waals surface area contributed by atoms with Crippen molar-refractivity contribution < 1.29 is 18.3 Å². The average molecular weight is 390 g/mol. The Hall–Kier alpha value is -3.04. The van der Waals surface area contributed by atoms with Crippen molar-refractivity contribution in [2.45, 2.75) is 19.8 Å². The summed E-state index contributed by atoms with van der Waals surface area (Å²) in [7, 11) is 2.94. The van der Waals surface area contributed by atoms with E-state index < -0.39 is 17.9 Å². The first-order valence-electron chi connectivity index (χ1n) is 8.69. The smallest absolute Gasteiger partial charge is 0.319 e. The summed E-state index contributed by atoms with van der Waals surface area (Å²) in [5, 5.41) is 4.25. The van der Waals surface area contributed by atoms with Crippen LogP contribution in [0.25, 0.3) is 16.9 Å². The fourth-order valence-corrected chi connectivity index (χ4v) is 3.30. The maximum absolute atomic E-state index is 14.5. The summed E-state index contributed by atoms with van der Waals surface area (Å²) in [4.78, 5) is 14.5. The lowest BCUT2D eigenvalue weighted by atomic mass is 9.89. The van der Waals surface area contributed by atoms with Crippen molar-refractivity contribution in [2.75, 3.05) is 32.2 Å². The molecule has 4 heterocycles. The zero-order valence-corrected chi connectivity index (χ0v) is 16.0. The van der Waals surface area contributed by atoms with Crippen LogP contribution in [0.15, 0.2) is 24.5 Å². The van der Waals surface area contributed by atoms with Crippen LogP contribution in [-0.2, 0) is 0 Å². The lowest BCUT2D eigenvalue weighted by Gasteiger charge is -2.24. The molecule has 0 amide bonds. The Morgan fingerprint density at radius 3 is 2.54 bits per heavy atom. The lowest BCUT2D eigenvalue weighted by molar-refractivity contribution is -0.0643. The molecule has 28 heavy (non-hydrogen) atoms. The zero-order chi connectivity index (χ0) is 20.1. The van der Waals surface area contributed by atoms with Gasteiger partial charge in [-0.25, -0.2) is 18.7 Å². The standard InChI is InChI=1S/C18H20F2N6O2/c1-17(2)9-25(10-18(17,19)20)14-7-12(23-13-5-6-22-26(13)14)11-8-21-16(28-4)24-15(11)27-3/h5-8H,9-10H2,1-4H3. The summed E-state index contributed by atoms with van der Waals surface area (Å²) < 4.78 is 40.9. The number of rotatable bonds is 4. The van der Waals surface area contributed by atoms with Gasteiger partial charge < -0.3 is 14.4 Å². The second-order valence-corrected chi connectivity index (χ2v) is 7.32. The van der Waals surface area contributed by atoms with Crippen LogP contribution in [0.4, 0.5) is 14.6 Å². The molecule has 0 aliphatic carbocycles. The van der Waals surface area contributed by atoms with Crippen molar-refractivity contribution in [3.8, 4) is 23.1 Å². The third kappa shape index (κ3) is 2.79. The molecule has 1 fully saturated rings. The third-order valence-electron chi connectivity index (χ3n) is 5.01. The van der Waals surface area contributed by atoms with Gasteiger partial charge in [-0.2, -0.15) is 14.6 Å². The lowest BCUT2D eigenvalue weighted by Crippen LogP contribution is -2.34. The van der Waals surface area contributed by atoms with Crippen molar-refractivity contribution in [3.05, 3.63) is 24.5 Å². The monoisotopic (exact) mass is 390 g/mol. The number of nitrogens with zero attached hydrogens (tertiary/aromatic N) is 6. The summed E-state index contributed by atoms with van der Waals surface area (Å²) >= 11 is 0. The van der Waals surface area contributed by atoms with E-state index in [1.54, 1.807) is 41.6 Å². The molecule has 0 radical (unpaired) electrons. The summed E-state index contributed by atoms with van der Waals surface area (Å²) in [6.07, 6.45) is 3.11. The maximum atomic E-state index is 14.5. The summed E-state index contributed by atoms with van der Waals surface area (Å²) in [5.74, 6) is -2.02. The quantitative estimate of drug-likeness (QED) is 0.678. The molecule has 1 aliphatic heterocycles. The van der Waals surface area contributed by atoms with Gasteiger partial charge in [-0.05, 0) is 0 Å². The number of anilines is 1. The van der Waals surface area contributed by atoms with Crippen molar-refractivity contribution in [1.82, 2.24) is 24.6 Å². The number of alkyl halides is 2. The Balaban J connectivity index is 1.86. The normalized spacial score (nSPS) is 17.9. The molecule has 0 unspecified atom stereocenters. The van der Waals surface area contributed by atoms with Gasteiger partial charge in [-0.3, -0.25) is 0 Å². The molecule has 0 N–H and O–H groups in total. The van der Waals surface area contributed by atoms with E-state index in [0.29, 0.717) is 22.7 Å². The van der Waals surface area contributed by atoms with Gasteiger partial charge in [0.2, 0.25) is 5.88 Å². The van der Waals surface area contributed by atoms with Crippen LogP contribution in [-0.4, -0.2) is 57.8 Å². The van der Waals surface area contributed by atoms with Gasteiger partial charge in [0.05, 0.1) is 38.2 Å². The summed E-state index contributed by atoms with van der Waals surface area (Å²) in [6, 6.07) is 3.57. The van der Waals surface area contributed by atoms with Crippen LogP contribution < -0.4 is 14.4 Å². The number of aromatic nitrogens is 5. The molecule has 0 aromatic carbocycles. The number of hydrogen-bond acceptors (Lipinski definition) is 7. The number of halogens is 2. The minimum absolute atomic E-state index is 0.159. The van der Waals surface area contributed by atoms with Crippen LogP contribution in [0.5, 0.6) is 11.9 Å². The van der Waals surface area contributed by atoms with Gasteiger partial charge in [0.15, 0.2) is 5.65 Å². The van der Waals surface area contributed by atoms with Crippen molar-refractivity contribution in [1.29, 1.82) is 0 Å². The van der Waals surface area contributed by atoms with Crippen LogP contribution in [0.1, 0.15) is 13.8 Å². The van der Waals surface area contributed by atoms with Gasteiger partial charge in [0.1, 0.15) is 5.82 Å². The van der Waals surface area contributed by atoms with Crippen LogP contribution in [0.2, 0.25) is 0 Å². The highest BCUT2D eigenvalue weighted by atomic mass is 19.3. The first-order chi connectivity index (χ1) is 13.3. The van der Waals surface area contributed by atoms with Gasteiger partial charge in [-0.15, -0.1) is 0 Å². The van der Waals surface area contributed by atoms with Crippen molar-refractivity contribution in [3.63, 3.8) is 0 Å². The van der Waals surface area contributed by atoms with Gasteiger partial charge in [0.25, 0.3) is 5.92 Å². The van der Waals surface area contributed by atoms with Gasteiger partial charge in [-0.1, -0.05) is 13.8 Å². The molecule has 10 heteroatoms. The first-order valence-corrected chi connectivity index (χ1v) is 8.69. The Morgan fingerprint density at radius 1 is 1.11 bits per heavy atom. The minimum Gasteiger partial charge on any atom is -0.480 e. The molecule has 1 aliphatic rings. The Bertz CT molecular complexity index is 1020. The van der Waals surface area contributed by atoms with E-state index in [4.69, 9.17) is 9.47 Å². The maximum Gasteiger partial charge on any atom is 0.319 e. The molecular formula is C18H20F2N6O2. The number of methoxy groups -OCH3 is 2. The van der Waals surface area contributed by atoms with Gasteiger partial charge in [0, 0.05) is 30.3 Å². The minimum atomic E-state index is -2.82. The number of fused-ring (bicyclic) bond motifs is 1. The Labute approximate surface area is 160 Å².